The highest BCUT2D eigenvalue weighted by molar-refractivity contribution is 9.10. The molecule has 5 nitrogen and oxygen atoms in total. The molecule has 4 aromatic rings. The summed E-state index contributed by atoms with van der Waals surface area (Å²) in [7, 11) is 0. The maximum absolute atomic E-state index is 13.6. The largest absolute Gasteiger partial charge is 0.487 e. The van der Waals surface area contributed by atoms with E-state index in [0.717, 1.165) is 30.2 Å². The first-order valence-electron chi connectivity index (χ1n) is 12.0. The van der Waals surface area contributed by atoms with Gasteiger partial charge in [-0.1, -0.05) is 58.9 Å². The Morgan fingerprint density at radius 3 is 2.70 bits per heavy atom. The van der Waals surface area contributed by atoms with Crippen molar-refractivity contribution in [3.63, 3.8) is 0 Å². The Morgan fingerprint density at radius 2 is 1.92 bits per heavy atom. The van der Waals surface area contributed by atoms with Crippen LogP contribution < -0.4 is 10.3 Å². The minimum Gasteiger partial charge on any atom is -0.487 e. The van der Waals surface area contributed by atoms with Crippen molar-refractivity contribution in [2.45, 2.75) is 44.6 Å². The van der Waals surface area contributed by atoms with Crippen LogP contribution >= 0.6 is 43.5 Å². The Balaban J connectivity index is 1.57. The third-order valence-electron chi connectivity index (χ3n) is 6.43. The number of hydrogen-bond donors (Lipinski definition) is 0. The van der Waals surface area contributed by atoms with Crippen LogP contribution in [0.5, 0.6) is 5.75 Å². The van der Waals surface area contributed by atoms with Crippen molar-refractivity contribution < 1.29 is 9.13 Å². The fourth-order valence-corrected chi connectivity index (χ4v) is 5.94. The van der Waals surface area contributed by atoms with Gasteiger partial charge in [-0.3, -0.25) is 4.79 Å². The first-order valence-corrected chi connectivity index (χ1v) is 14.0. The number of halogens is 4. The molecule has 1 heterocycles. The second kappa shape index (κ2) is 11.5. The highest BCUT2D eigenvalue weighted by Crippen LogP contribution is 2.34. The van der Waals surface area contributed by atoms with Crippen molar-refractivity contribution in [1.82, 2.24) is 9.66 Å². The van der Waals surface area contributed by atoms with Crippen molar-refractivity contribution in [2.75, 3.05) is 0 Å². The first kappa shape index (κ1) is 26.1. The molecule has 190 valence electrons. The molecule has 0 aliphatic heterocycles. The zero-order valence-electron chi connectivity index (χ0n) is 19.8. The van der Waals surface area contributed by atoms with E-state index >= 15 is 0 Å². The number of aromatic nitrogens is 2. The first-order chi connectivity index (χ1) is 17.9. The van der Waals surface area contributed by atoms with Gasteiger partial charge < -0.3 is 4.74 Å². The number of ether oxygens (including phenoxy) is 1. The van der Waals surface area contributed by atoms with Crippen LogP contribution in [-0.4, -0.2) is 15.9 Å². The molecule has 1 aliphatic carbocycles. The molecule has 1 fully saturated rings. The van der Waals surface area contributed by atoms with E-state index in [-0.39, 0.29) is 23.9 Å². The van der Waals surface area contributed by atoms with E-state index in [1.807, 2.05) is 12.1 Å². The topological polar surface area (TPSA) is 56.5 Å². The highest BCUT2D eigenvalue weighted by atomic mass is 79.9. The molecule has 0 spiro atoms. The minimum atomic E-state index is -0.330. The summed E-state index contributed by atoms with van der Waals surface area (Å²) in [6.07, 6.45) is 6.89. The molecule has 9 heteroatoms. The van der Waals surface area contributed by atoms with Gasteiger partial charge in [-0.15, -0.1) is 0 Å². The molecular weight excluding hydrogens is 625 g/mol. The van der Waals surface area contributed by atoms with Gasteiger partial charge in [0.1, 0.15) is 24.0 Å². The second-order valence-corrected chi connectivity index (χ2v) is 11.3. The molecule has 0 N–H and O–H groups in total. The molecule has 0 unspecified atom stereocenters. The van der Waals surface area contributed by atoms with Crippen LogP contribution in [-0.2, 0) is 6.61 Å². The lowest BCUT2D eigenvalue weighted by Gasteiger charge is -2.22. The molecule has 3 aromatic carbocycles. The van der Waals surface area contributed by atoms with Gasteiger partial charge in [0, 0.05) is 21.0 Å². The summed E-state index contributed by atoms with van der Waals surface area (Å²) in [6.45, 7) is 0.150. The van der Waals surface area contributed by atoms with Gasteiger partial charge in [0.05, 0.1) is 21.6 Å². The Bertz CT molecular complexity index is 1550. The Hall–Kier alpha value is -2.55. The fraction of sp³-hybridized carbons (Fsp3) is 0.250. The Kier molecular flexibility index (Phi) is 8.07. The van der Waals surface area contributed by atoms with E-state index in [1.54, 1.807) is 36.5 Å². The van der Waals surface area contributed by atoms with Crippen LogP contribution in [0.4, 0.5) is 4.39 Å². The van der Waals surface area contributed by atoms with E-state index in [1.165, 1.54) is 23.2 Å². The number of rotatable bonds is 6. The molecule has 1 saturated carbocycles. The van der Waals surface area contributed by atoms with Crippen LogP contribution in [0, 0.1) is 5.82 Å². The lowest BCUT2D eigenvalue weighted by Crippen LogP contribution is -2.25. The predicted octanol–water partition coefficient (Wildman–Crippen LogP) is 8.22. The van der Waals surface area contributed by atoms with Gasteiger partial charge in [0.2, 0.25) is 0 Å². The molecule has 5 rings (SSSR count). The molecule has 0 saturated heterocycles. The van der Waals surface area contributed by atoms with Crippen LogP contribution in [0.3, 0.4) is 0 Å². The summed E-state index contributed by atoms with van der Waals surface area (Å²) in [5.41, 5.74) is 1.69. The van der Waals surface area contributed by atoms with Crippen molar-refractivity contribution in [1.29, 1.82) is 0 Å². The van der Waals surface area contributed by atoms with Gasteiger partial charge in [-0.2, -0.15) is 9.78 Å². The molecule has 0 amide bonds. The fourth-order valence-electron chi connectivity index (χ4n) is 4.63. The number of nitrogens with zero attached hydrogens (tertiary/aromatic N) is 3. The van der Waals surface area contributed by atoms with Crippen LogP contribution in [0.25, 0.3) is 10.9 Å². The standard InChI is InChI=1S/C28H23Br2ClFN3O2/c29-20-9-10-25-23(13-20)28(36)35(27(34-25)18-6-2-1-3-7-18)33-15-19-12-21(31)14-24(30)26(19)37-16-17-5-4-8-22(32)11-17/h4-5,8-15,18H,1-3,6-7,16H2. The summed E-state index contributed by atoms with van der Waals surface area (Å²) >= 11 is 13.3. The van der Waals surface area contributed by atoms with Gasteiger partial charge in [0.25, 0.3) is 5.56 Å². The van der Waals surface area contributed by atoms with Crippen LogP contribution in [0.15, 0.2) is 73.4 Å². The summed E-state index contributed by atoms with van der Waals surface area (Å²) < 4.78 is 22.5. The Labute approximate surface area is 235 Å². The zero-order chi connectivity index (χ0) is 25.9. The number of hydrogen-bond acceptors (Lipinski definition) is 4. The number of benzene rings is 3. The molecule has 1 aliphatic rings. The van der Waals surface area contributed by atoms with E-state index in [2.05, 4.69) is 37.0 Å². The molecule has 0 radical (unpaired) electrons. The predicted molar refractivity (Wildman–Crippen MR) is 152 cm³/mol. The van der Waals surface area contributed by atoms with Crippen molar-refractivity contribution >= 4 is 60.6 Å². The molecule has 37 heavy (non-hydrogen) atoms. The SMILES string of the molecule is O=c1c2cc(Br)ccc2nc(C2CCCCC2)n1N=Cc1cc(Cl)cc(Br)c1OCc1cccc(F)c1. The zero-order valence-corrected chi connectivity index (χ0v) is 23.7. The summed E-state index contributed by atoms with van der Waals surface area (Å²) in [5, 5.41) is 5.59. The van der Waals surface area contributed by atoms with Gasteiger partial charge in [0.15, 0.2) is 0 Å². The monoisotopic (exact) mass is 645 g/mol. The molecule has 1 aromatic heterocycles. The third-order valence-corrected chi connectivity index (χ3v) is 7.73. The third kappa shape index (κ3) is 5.97. The second-order valence-electron chi connectivity index (χ2n) is 9.05. The maximum atomic E-state index is 13.6. The smallest absolute Gasteiger partial charge is 0.282 e. The van der Waals surface area contributed by atoms with Crippen molar-refractivity contribution in [3.05, 3.63) is 102 Å². The highest BCUT2D eigenvalue weighted by Gasteiger charge is 2.22. The summed E-state index contributed by atoms with van der Waals surface area (Å²) in [4.78, 5) is 18.5. The maximum Gasteiger partial charge on any atom is 0.282 e. The van der Waals surface area contributed by atoms with Crippen LogP contribution in [0.1, 0.15) is 55.0 Å². The van der Waals surface area contributed by atoms with Crippen LogP contribution in [0.2, 0.25) is 5.02 Å². The summed E-state index contributed by atoms with van der Waals surface area (Å²) in [5.74, 6) is 0.977. The van der Waals surface area contributed by atoms with Gasteiger partial charge >= 0.3 is 0 Å². The lowest BCUT2D eigenvalue weighted by atomic mass is 9.88. The van der Waals surface area contributed by atoms with E-state index in [9.17, 15) is 9.18 Å². The van der Waals surface area contributed by atoms with Crippen molar-refractivity contribution in [3.8, 4) is 5.75 Å². The Morgan fingerprint density at radius 1 is 1.11 bits per heavy atom. The normalized spacial score (nSPS) is 14.5. The molecular formula is C28H23Br2ClFN3O2. The van der Waals surface area contributed by atoms with E-state index in [4.69, 9.17) is 21.3 Å². The lowest BCUT2D eigenvalue weighted by molar-refractivity contribution is 0.303. The summed E-state index contributed by atoms with van der Waals surface area (Å²) in [6, 6.07) is 15.2. The average molecular weight is 648 g/mol. The quantitative estimate of drug-likeness (QED) is 0.198. The van der Waals surface area contributed by atoms with E-state index < -0.39 is 0 Å². The van der Waals surface area contributed by atoms with E-state index in [0.29, 0.717) is 43.1 Å². The van der Waals surface area contributed by atoms with Crippen molar-refractivity contribution in [2.24, 2.45) is 5.10 Å². The average Bonchev–Trinajstić information content (AvgIpc) is 2.88. The minimum absolute atomic E-state index is 0.150. The van der Waals surface area contributed by atoms with Gasteiger partial charge in [-0.25, -0.2) is 9.37 Å². The molecule has 0 atom stereocenters. The van der Waals surface area contributed by atoms with Gasteiger partial charge in [-0.05, 0) is 76.8 Å². The number of fused-ring (bicyclic) bond motifs is 1. The molecule has 0 bridgehead atoms.